The maximum atomic E-state index is 3.50. The molecule has 0 spiro atoms. The zero-order chi connectivity index (χ0) is 13.1. The number of rotatable bonds is 11. The van der Waals surface area contributed by atoms with Crippen LogP contribution in [0.5, 0.6) is 0 Å². The summed E-state index contributed by atoms with van der Waals surface area (Å²) in [6.07, 6.45) is 2.54. The van der Waals surface area contributed by atoms with Crippen molar-refractivity contribution >= 4 is 0 Å². The maximum Gasteiger partial charge on any atom is -0.000666 e. The van der Waals surface area contributed by atoms with Crippen LogP contribution in [0.4, 0.5) is 0 Å². The summed E-state index contributed by atoms with van der Waals surface area (Å²) in [5.74, 6) is 0.761. The predicted molar refractivity (Wildman–Crippen MR) is 77.6 cm³/mol. The van der Waals surface area contributed by atoms with Gasteiger partial charge in [-0.3, -0.25) is 0 Å². The van der Waals surface area contributed by atoms with Gasteiger partial charge in [0.2, 0.25) is 0 Å². The van der Waals surface area contributed by atoms with Gasteiger partial charge in [0.15, 0.2) is 0 Å². The summed E-state index contributed by atoms with van der Waals surface area (Å²) < 4.78 is 0. The summed E-state index contributed by atoms with van der Waals surface area (Å²) in [7, 11) is 4.29. The van der Waals surface area contributed by atoms with Crippen LogP contribution in [0.2, 0.25) is 0 Å². The first-order valence-corrected chi connectivity index (χ1v) is 7.14. The summed E-state index contributed by atoms with van der Waals surface area (Å²) in [5.41, 5.74) is 0. The van der Waals surface area contributed by atoms with Crippen molar-refractivity contribution in [3.63, 3.8) is 0 Å². The van der Waals surface area contributed by atoms with Crippen molar-refractivity contribution in [2.45, 2.75) is 33.6 Å². The van der Waals surface area contributed by atoms with Crippen LogP contribution in [0.1, 0.15) is 33.6 Å². The fraction of sp³-hybridized carbons (Fsp3) is 1.00. The molecule has 0 aromatic heterocycles. The molecule has 0 aliphatic heterocycles. The fourth-order valence-corrected chi connectivity index (χ4v) is 1.86. The van der Waals surface area contributed by atoms with E-state index in [0.29, 0.717) is 0 Å². The standard InChI is InChI=1S/C14H33N3/c1-6-17(12-8-10-16(4)5)11-7-9-15-13-14(2)3/h14-15H,6-13H2,1-5H3. The van der Waals surface area contributed by atoms with Crippen LogP contribution < -0.4 is 5.32 Å². The van der Waals surface area contributed by atoms with E-state index in [1.54, 1.807) is 0 Å². The number of hydrogen-bond acceptors (Lipinski definition) is 3. The molecule has 0 rings (SSSR count). The van der Waals surface area contributed by atoms with Crippen LogP contribution >= 0.6 is 0 Å². The van der Waals surface area contributed by atoms with Gasteiger partial charge in [-0.05, 0) is 72.1 Å². The van der Waals surface area contributed by atoms with Crippen molar-refractivity contribution in [3.05, 3.63) is 0 Å². The number of nitrogens with zero attached hydrogens (tertiary/aromatic N) is 2. The Kier molecular flexibility index (Phi) is 10.9. The molecule has 0 atom stereocenters. The van der Waals surface area contributed by atoms with Crippen LogP contribution in [0.25, 0.3) is 0 Å². The van der Waals surface area contributed by atoms with E-state index < -0.39 is 0 Å². The molecule has 0 saturated heterocycles. The summed E-state index contributed by atoms with van der Waals surface area (Å²) in [6.45, 7) is 13.9. The molecule has 3 nitrogen and oxygen atoms in total. The molecule has 17 heavy (non-hydrogen) atoms. The van der Waals surface area contributed by atoms with Gasteiger partial charge in [-0.2, -0.15) is 0 Å². The minimum atomic E-state index is 0.761. The third-order valence-corrected chi connectivity index (χ3v) is 2.91. The van der Waals surface area contributed by atoms with Crippen molar-refractivity contribution in [1.29, 1.82) is 0 Å². The maximum absolute atomic E-state index is 3.50. The van der Waals surface area contributed by atoms with Gasteiger partial charge in [-0.15, -0.1) is 0 Å². The quantitative estimate of drug-likeness (QED) is 0.559. The highest BCUT2D eigenvalue weighted by atomic mass is 15.1. The van der Waals surface area contributed by atoms with Gasteiger partial charge in [0.05, 0.1) is 0 Å². The summed E-state index contributed by atoms with van der Waals surface area (Å²) in [6, 6.07) is 0. The molecule has 0 aromatic carbocycles. The molecule has 0 aliphatic carbocycles. The average Bonchev–Trinajstić information content (AvgIpc) is 2.25. The molecule has 0 heterocycles. The van der Waals surface area contributed by atoms with Gasteiger partial charge in [-0.1, -0.05) is 20.8 Å². The van der Waals surface area contributed by atoms with Gasteiger partial charge in [-0.25, -0.2) is 0 Å². The molecular formula is C14H33N3. The summed E-state index contributed by atoms with van der Waals surface area (Å²) >= 11 is 0. The predicted octanol–water partition coefficient (Wildman–Crippen LogP) is 1.90. The number of hydrogen-bond donors (Lipinski definition) is 1. The van der Waals surface area contributed by atoms with E-state index in [2.05, 4.69) is 50.0 Å². The SMILES string of the molecule is CCN(CCCNCC(C)C)CCCN(C)C. The van der Waals surface area contributed by atoms with E-state index in [-0.39, 0.29) is 0 Å². The zero-order valence-electron chi connectivity index (χ0n) is 12.6. The second kappa shape index (κ2) is 11.0. The lowest BCUT2D eigenvalue weighted by molar-refractivity contribution is 0.262. The first-order valence-electron chi connectivity index (χ1n) is 7.14. The largest absolute Gasteiger partial charge is 0.316 e. The highest BCUT2D eigenvalue weighted by Crippen LogP contribution is 1.95. The Labute approximate surface area is 109 Å². The normalized spacial score (nSPS) is 12.0. The second-order valence-electron chi connectivity index (χ2n) is 5.54. The first kappa shape index (κ1) is 16.9. The molecule has 104 valence electrons. The molecule has 0 radical (unpaired) electrons. The monoisotopic (exact) mass is 243 g/mol. The lowest BCUT2D eigenvalue weighted by atomic mass is 10.2. The Hall–Kier alpha value is -0.120. The van der Waals surface area contributed by atoms with Crippen molar-refractivity contribution in [1.82, 2.24) is 15.1 Å². The molecule has 0 unspecified atom stereocenters. The van der Waals surface area contributed by atoms with Gasteiger partial charge in [0.25, 0.3) is 0 Å². The van der Waals surface area contributed by atoms with E-state index in [0.717, 1.165) is 19.0 Å². The Morgan fingerprint density at radius 3 is 2.18 bits per heavy atom. The minimum Gasteiger partial charge on any atom is -0.316 e. The lowest BCUT2D eigenvalue weighted by Gasteiger charge is -2.21. The molecule has 0 saturated carbocycles. The van der Waals surface area contributed by atoms with E-state index >= 15 is 0 Å². The lowest BCUT2D eigenvalue weighted by Crippen LogP contribution is -2.30. The molecule has 0 fully saturated rings. The molecule has 0 bridgehead atoms. The van der Waals surface area contributed by atoms with Crippen LogP contribution in [0.3, 0.4) is 0 Å². The van der Waals surface area contributed by atoms with Gasteiger partial charge in [0, 0.05) is 0 Å². The first-order chi connectivity index (χ1) is 8.06. The average molecular weight is 243 g/mol. The van der Waals surface area contributed by atoms with Crippen molar-refractivity contribution in [3.8, 4) is 0 Å². The molecular weight excluding hydrogens is 210 g/mol. The number of nitrogens with one attached hydrogen (secondary N) is 1. The molecule has 3 heteroatoms. The minimum absolute atomic E-state index is 0.761. The fourth-order valence-electron chi connectivity index (χ4n) is 1.86. The van der Waals surface area contributed by atoms with E-state index in [9.17, 15) is 0 Å². The van der Waals surface area contributed by atoms with Crippen molar-refractivity contribution in [2.75, 3.05) is 53.4 Å². The van der Waals surface area contributed by atoms with E-state index in [1.165, 1.54) is 39.0 Å². The molecule has 0 aliphatic rings. The van der Waals surface area contributed by atoms with Crippen molar-refractivity contribution < 1.29 is 0 Å². The van der Waals surface area contributed by atoms with Gasteiger partial charge >= 0.3 is 0 Å². The molecule has 0 aromatic rings. The van der Waals surface area contributed by atoms with Crippen LogP contribution in [-0.2, 0) is 0 Å². The Morgan fingerprint density at radius 1 is 1.00 bits per heavy atom. The summed E-state index contributed by atoms with van der Waals surface area (Å²) in [5, 5.41) is 3.50. The van der Waals surface area contributed by atoms with Crippen LogP contribution in [-0.4, -0.2) is 63.2 Å². The van der Waals surface area contributed by atoms with Crippen molar-refractivity contribution in [2.24, 2.45) is 5.92 Å². The molecule has 1 N–H and O–H groups in total. The van der Waals surface area contributed by atoms with E-state index in [1.807, 2.05) is 0 Å². The van der Waals surface area contributed by atoms with Gasteiger partial charge in [0.1, 0.15) is 0 Å². The summed E-state index contributed by atoms with van der Waals surface area (Å²) in [4.78, 5) is 4.82. The Morgan fingerprint density at radius 2 is 1.65 bits per heavy atom. The third kappa shape index (κ3) is 12.1. The zero-order valence-corrected chi connectivity index (χ0v) is 12.6. The van der Waals surface area contributed by atoms with Gasteiger partial charge < -0.3 is 15.1 Å². The smallest absolute Gasteiger partial charge is 0.000666 e. The highest BCUT2D eigenvalue weighted by Gasteiger charge is 2.02. The van der Waals surface area contributed by atoms with E-state index in [4.69, 9.17) is 0 Å². The Bertz CT molecular complexity index is 158. The topological polar surface area (TPSA) is 18.5 Å². The molecule has 0 amide bonds. The van der Waals surface area contributed by atoms with Crippen LogP contribution in [0, 0.1) is 5.92 Å². The third-order valence-electron chi connectivity index (χ3n) is 2.91. The van der Waals surface area contributed by atoms with Crippen LogP contribution in [0.15, 0.2) is 0 Å². The Balaban J connectivity index is 3.41. The second-order valence-corrected chi connectivity index (χ2v) is 5.54. The highest BCUT2D eigenvalue weighted by molar-refractivity contribution is 4.59.